The molecule has 0 aliphatic rings. The van der Waals surface area contributed by atoms with E-state index < -0.39 is 30.6 Å². The van der Waals surface area contributed by atoms with Crippen LogP contribution in [-0.4, -0.2) is 17.3 Å². The molecule has 0 unspecified atom stereocenters. The summed E-state index contributed by atoms with van der Waals surface area (Å²) in [7, 11) is 0. The highest BCUT2D eigenvalue weighted by Crippen LogP contribution is 2.29. The summed E-state index contributed by atoms with van der Waals surface area (Å²) >= 11 is 0. The number of benzene rings is 1. The molecule has 1 aromatic carbocycles. The van der Waals surface area contributed by atoms with Gasteiger partial charge < -0.3 is 5.11 Å². The Morgan fingerprint density at radius 1 is 1.16 bits per heavy atom. The third-order valence-electron chi connectivity index (χ3n) is 2.64. The van der Waals surface area contributed by atoms with E-state index in [1.807, 2.05) is 30.3 Å². The topological polar surface area (TPSA) is 37.3 Å². The van der Waals surface area contributed by atoms with E-state index in [-0.39, 0.29) is 6.42 Å². The average Bonchev–Trinajstić information content (AvgIpc) is 2.33. The Kier molecular flexibility index (Phi) is 5.60. The van der Waals surface area contributed by atoms with Crippen LogP contribution in [0, 0.1) is 0 Å². The number of aryl methyl sites for hydroxylation is 1. The molecule has 0 aliphatic carbocycles. The number of rotatable bonds is 6. The Labute approximate surface area is 109 Å². The van der Waals surface area contributed by atoms with Gasteiger partial charge in [-0.3, -0.25) is 4.79 Å². The molecular formula is C14H15F3O2. The Morgan fingerprint density at radius 2 is 1.79 bits per heavy atom. The molecule has 5 heteroatoms. The average molecular weight is 272 g/mol. The van der Waals surface area contributed by atoms with Crippen molar-refractivity contribution < 1.29 is 23.1 Å². The Balaban J connectivity index is 2.59. The molecule has 0 saturated carbocycles. The standard InChI is InChI=1S/C14H15F3O2/c15-14(16,17)12(9-10-13(18)19)8-4-7-11-5-2-1-3-6-11/h1-3,5-6,8H,4,7,9-10H2,(H,18,19)/b12-8-. The highest BCUT2D eigenvalue weighted by molar-refractivity contribution is 5.67. The maximum absolute atomic E-state index is 12.6. The molecule has 1 rings (SSSR count). The summed E-state index contributed by atoms with van der Waals surface area (Å²) < 4.78 is 37.9. The van der Waals surface area contributed by atoms with Gasteiger partial charge in [0.1, 0.15) is 0 Å². The van der Waals surface area contributed by atoms with Crippen molar-refractivity contribution >= 4 is 5.97 Å². The zero-order valence-electron chi connectivity index (χ0n) is 10.3. The largest absolute Gasteiger partial charge is 0.481 e. The second-order valence-corrected chi connectivity index (χ2v) is 4.15. The molecule has 0 heterocycles. The van der Waals surface area contributed by atoms with Gasteiger partial charge in [-0.05, 0) is 24.8 Å². The SMILES string of the molecule is O=C(O)CC/C(=C/CCc1ccccc1)C(F)(F)F. The predicted molar refractivity (Wildman–Crippen MR) is 65.8 cm³/mol. The van der Waals surface area contributed by atoms with Gasteiger partial charge in [0.15, 0.2) is 0 Å². The first-order chi connectivity index (χ1) is 8.89. The molecule has 0 saturated heterocycles. The van der Waals surface area contributed by atoms with Gasteiger partial charge in [0.25, 0.3) is 0 Å². The van der Waals surface area contributed by atoms with E-state index in [1.54, 1.807) is 0 Å². The fourth-order valence-corrected chi connectivity index (χ4v) is 1.66. The van der Waals surface area contributed by atoms with Crippen LogP contribution in [0.5, 0.6) is 0 Å². The Bertz CT molecular complexity index is 436. The summed E-state index contributed by atoms with van der Waals surface area (Å²) in [6, 6.07) is 9.19. The van der Waals surface area contributed by atoms with Gasteiger partial charge in [0, 0.05) is 12.0 Å². The van der Waals surface area contributed by atoms with Gasteiger partial charge in [-0.15, -0.1) is 0 Å². The Hall–Kier alpha value is -1.78. The van der Waals surface area contributed by atoms with Crippen molar-refractivity contribution in [2.24, 2.45) is 0 Å². The third kappa shape index (κ3) is 6.08. The monoisotopic (exact) mass is 272 g/mol. The van der Waals surface area contributed by atoms with Gasteiger partial charge in [-0.25, -0.2) is 0 Å². The number of hydrogen-bond donors (Lipinski definition) is 1. The van der Waals surface area contributed by atoms with Gasteiger partial charge >= 0.3 is 12.1 Å². The summed E-state index contributed by atoms with van der Waals surface area (Å²) in [5, 5.41) is 8.44. The summed E-state index contributed by atoms with van der Waals surface area (Å²) in [6.07, 6.45) is -3.58. The number of carboxylic acid groups (broad SMARTS) is 1. The van der Waals surface area contributed by atoms with E-state index in [2.05, 4.69) is 0 Å². The minimum Gasteiger partial charge on any atom is -0.481 e. The molecule has 0 bridgehead atoms. The van der Waals surface area contributed by atoms with Crippen LogP contribution >= 0.6 is 0 Å². The maximum Gasteiger partial charge on any atom is 0.412 e. The zero-order chi connectivity index (χ0) is 14.3. The molecule has 19 heavy (non-hydrogen) atoms. The molecular weight excluding hydrogens is 257 g/mol. The first-order valence-corrected chi connectivity index (χ1v) is 5.91. The van der Waals surface area contributed by atoms with E-state index in [9.17, 15) is 18.0 Å². The maximum atomic E-state index is 12.6. The smallest absolute Gasteiger partial charge is 0.412 e. The van der Waals surface area contributed by atoms with Crippen LogP contribution in [-0.2, 0) is 11.2 Å². The quantitative estimate of drug-likeness (QED) is 0.795. The van der Waals surface area contributed by atoms with Crippen molar-refractivity contribution in [2.75, 3.05) is 0 Å². The minimum absolute atomic E-state index is 0.248. The first-order valence-electron chi connectivity index (χ1n) is 5.91. The van der Waals surface area contributed by atoms with Gasteiger partial charge in [0.05, 0.1) is 0 Å². The molecule has 0 fully saturated rings. The fraction of sp³-hybridized carbons (Fsp3) is 0.357. The molecule has 104 valence electrons. The lowest BCUT2D eigenvalue weighted by Gasteiger charge is -2.10. The van der Waals surface area contributed by atoms with Crippen molar-refractivity contribution in [1.82, 2.24) is 0 Å². The van der Waals surface area contributed by atoms with Crippen molar-refractivity contribution in [2.45, 2.75) is 31.9 Å². The van der Waals surface area contributed by atoms with E-state index >= 15 is 0 Å². The molecule has 1 N–H and O–H groups in total. The second-order valence-electron chi connectivity index (χ2n) is 4.15. The van der Waals surface area contributed by atoms with Crippen LogP contribution in [0.25, 0.3) is 0 Å². The van der Waals surface area contributed by atoms with E-state index in [1.165, 1.54) is 0 Å². The highest BCUT2D eigenvalue weighted by atomic mass is 19.4. The summed E-state index contributed by atoms with van der Waals surface area (Å²) in [5.74, 6) is -1.22. The number of carboxylic acids is 1. The normalized spacial score (nSPS) is 12.5. The van der Waals surface area contributed by atoms with Gasteiger partial charge in [0.2, 0.25) is 0 Å². The van der Waals surface area contributed by atoms with Crippen LogP contribution in [0.15, 0.2) is 42.0 Å². The van der Waals surface area contributed by atoms with Crippen LogP contribution in [0.2, 0.25) is 0 Å². The third-order valence-corrected chi connectivity index (χ3v) is 2.64. The van der Waals surface area contributed by atoms with Crippen LogP contribution in [0.4, 0.5) is 13.2 Å². The second kappa shape index (κ2) is 6.97. The molecule has 0 aliphatic heterocycles. The lowest BCUT2D eigenvalue weighted by Crippen LogP contribution is -2.13. The fourth-order valence-electron chi connectivity index (χ4n) is 1.66. The van der Waals surface area contributed by atoms with Crippen LogP contribution in [0.3, 0.4) is 0 Å². The first kappa shape index (κ1) is 15.3. The molecule has 0 spiro atoms. The molecule has 0 radical (unpaired) electrons. The lowest BCUT2D eigenvalue weighted by atomic mass is 10.0. The number of allylic oxidation sites excluding steroid dienone is 2. The lowest BCUT2D eigenvalue weighted by molar-refractivity contribution is -0.137. The number of carbonyl (C=O) groups is 1. The van der Waals surface area contributed by atoms with Crippen molar-refractivity contribution in [3.8, 4) is 0 Å². The van der Waals surface area contributed by atoms with Gasteiger partial charge in [-0.1, -0.05) is 36.4 Å². The number of halogens is 3. The van der Waals surface area contributed by atoms with Gasteiger partial charge in [-0.2, -0.15) is 13.2 Å². The summed E-state index contributed by atoms with van der Waals surface area (Å²) in [6.45, 7) is 0. The number of aliphatic carboxylic acids is 1. The predicted octanol–water partition coefficient (Wildman–Crippen LogP) is 3.97. The molecule has 0 amide bonds. The molecule has 2 nitrogen and oxygen atoms in total. The van der Waals surface area contributed by atoms with Crippen LogP contribution in [0.1, 0.15) is 24.8 Å². The highest BCUT2D eigenvalue weighted by Gasteiger charge is 2.32. The van der Waals surface area contributed by atoms with E-state index in [0.717, 1.165) is 11.6 Å². The minimum atomic E-state index is -4.45. The Morgan fingerprint density at radius 3 is 2.32 bits per heavy atom. The van der Waals surface area contributed by atoms with E-state index in [4.69, 9.17) is 5.11 Å². The molecule has 0 atom stereocenters. The molecule has 0 aromatic heterocycles. The van der Waals surface area contributed by atoms with Crippen molar-refractivity contribution in [3.05, 3.63) is 47.5 Å². The summed E-state index contributed by atoms with van der Waals surface area (Å²) in [5.41, 5.74) is 0.198. The van der Waals surface area contributed by atoms with E-state index in [0.29, 0.717) is 6.42 Å². The number of hydrogen-bond acceptors (Lipinski definition) is 1. The molecule has 1 aromatic rings. The van der Waals surface area contributed by atoms with Crippen LogP contribution < -0.4 is 0 Å². The summed E-state index contributed by atoms with van der Waals surface area (Å²) in [4.78, 5) is 10.3. The zero-order valence-corrected chi connectivity index (χ0v) is 10.3. The van der Waals surface area contributed by atoms with Crippen molar-refractivity contribution in [3.63, 3.8) is 0 Å². The van der Waals surface area contributed by atoms with Crippen molar-refractivity contribution in [1.29, 1.82) is 0 Å². The number of alkyl halides is 3.